The minimum absolute atomic E-state index is 0.132. The Morgan fingerprint density at radius 1 is 1.47 bits per heavy atom. The molecule has 1 aromatic rings. The van der Waals surface area contributed by atoms with E-state index in [1.165, 1.54) is 6.07 Å². The highest BCUT2D eigenvalue weighted by Gasteiger charge is 2.40. The van der Waals surface area contributed by atoms with Gasteiger partial charge in [-0.2, -0.15) is 0 Å². The average molecular weight is 263 g/mol. The van der Waals surface area contributed by atoms with Gasteiger partial charge in [-0.15, -0.1) is 0 Å². The second-order valence-corrected chi connectivity index (χ2v) is 5.56. The average Bonchev–Trinajstić information content (AvgIpc) is 3.08. The van der Waals surface area contributed by atoms with Crippen LogP contribution in [0.2, 0.25) is 0 Å². The first-order chi connectivity index (χ1) is 9.08. The van der Waals surface area contributed by atoms with Crippen LogP contribution in [-0.4, -0.2) is 18.5 Å². The lowest BCUT2D eigenvalue weighted by molar-refractivity contribution is 0.595. The molecule has 0 radical (unpaired) electrons. The van der Waals surface area contributed by atoms with Gasteiger partial charge in [0.1, 0.15) is 5.82 Å². The molecular formula is C15H22FN3. The Labute approximate surface area is 114 Å². The van der Waals surface area contributed by atoms with Gasteiger partial charge < -0.3 is 11.1 Å². The van der Waals surface area contributed by atoms with Gasteiger partial charge >= 0.3 is 0 Å². The predicted molar refractivity (Wildman–Crippen MR) is 76.6 cm³/mol. The fourth-order valence-electron chi connectivity index (χ4n) is 2.15. The summed E-state index contributed by atoms with van der Waals surface area (Å²) in [7, 11) is 0. The largest absolute Gasteiger partial charge is 0.370 e. The van der Waals surface area contributed by atoms with Crippen LogP contribution in [0.4, 0.5) is 4.39 Å². The van der Waals surface area contributed by atoms with Gasteiger partial charge in [0.2, 0.25) is 0 Å². The molecule has 19 heavy (non-hydrogen) atoms. The number of guanidine groups is 1. The minimum Gasteiger partial charge on any atom is -0.370 e. The van der Waals surface area contributed by atoms with Gasteiger partial charge in [0.25, 0.3) is 0 Å². The molecule has 1 aliphatic carbocycles. The third kappa shape index (κ3) is 3.94. The molecule has 0 bridgehead atoms. The number of rotatable bonds is 5. The van der Waals surface area contributed by atoms with Crippen molar-refractivity contribution in [2.45, 2.75) is 38.6 Å². The predicted octanol–water partition coefficient (Wildman–Crippen LogP) is 2.63. The van der Waals surface area contributed by atoms with Gasteiger partial charge in [-0.05, 0) is 30.4 Å². The zero-order chi connectivity index (χ0) is 13.8. The van der Waals surface area contributed by atoms with Crippen LogP contribution >= 0.6 is 0 Å². The molecule has 1 aromatic carbocycles. The number of nitrogens with zero attached hydrogens (tertiary/aromatic N) is 1. The van der Waals surface area contributed by atoms with E-state index in [1.807, 2.05) is 12.1 Å². The molecule has 0 aliphatic heterocycles. The van der Waals surface area contributed by atoms with E-state index in [-0.39, 0.29) is 17.8 Å². The van der Waals surface area contributed by atoms with Gasteiger partial charge in [-0.3, -0.25) is 4.99 Å². The highest BCUT2D eigenvalue weighted by atomic mass is 19.1. The lowest BCUT2D eigenvalue weighted by Crippen LogP contribution is -2.34. The smallest absolute Gasteiger partial charge is 0.188 e. The summed E-state index contributed by atoms with van der Waals surface area (Å²) in [5.74, 6) is 1.19. The molecule has 0 aromatic heterocycles. The maximum absolute atomic E-state index is 13.6. The van der Waals surface area contributed by atoms with Crippen LogP contribution in [0.25, 0.3) is 0 Å². The quantitative estimate of drug-likeness (QED) is 0.634. The number of aliphatic imine (C=N–C) groups is 1. The molecule has 1 saturated carbocycles. The first-order valence-corrected chi connectivity index (χ1v) is 6.88. The molecule has 0 spiro atoms. The second kappa shape index (κ2) is 6.04. The van der Waals surface area contributed by atoms with E-state index in [0.717, 1.165) is 24.9 Å². The molecule has 2 unspecified atom stereocenters. The van der Waals surface area contributed by atoms with Crippen molar-refractivity contribution in [1.82, 2.24) is 5.32 Å². The molecule has 3 N–H and O–H groups in total. The van der Waals surface area contributed by atoms with Crippen LogP contribution in [0.3, 0.4) is 0 Å². The maximum atomic E-state index is 13.6. The van der Waals surface area contributed by atoms with Crippen molar-refractivity contribution in [1.29, 1.82) is 0 Å². The van der Waals surface area contributed by atoms with Gasteiger partial charge in [0.05, 0.1) is 0 Å². The van der Waals surface area contributed by atoms with E-state index < -0.39 is 0 Å². The molecule has 0 amide bonds. The van der Waals surface area contributed by atoms with Crippen molar-refractivity contribution < 1.29 is 4.39 Å². The molecule has 0 heterocycles. The van der Waals surface area contributed by atoms with Crippen LogP contribution in [-0.2, 0) is 0 Å². The molecule has 104 valence electrons. The van der Waals surface area contributed by atoms with Crippen molar-refractivity contribution in [2.75, 3.05) is 6.54 Å². The number of hydrogen-bond donors (Lipinski definition) is 2. The van der Waals surface area contributed by atoms with Crippen LogP contribution in [0.5, 0.6) is 0 Å². The summed E-state index contributed by atoms with van der Waals surface area (Å²) in [6.45, 7) is 5.07. The minimum atomic E-state index is -0.132. The summed E-state index contributed by atoms with van der Waals surface area (Å²) in [4.78, 5) is 4.28. The summed E-state index contributed by atoms with van der Waals surface area (Å²) in [6, 6.07) is 7.15. The van der Waals surface area contributed by atoms with E-state index >= 15 is 0 Å². The van der Waals surface area contributed by atoms with Crippen molar-refractivity contribution in [3.63, 3.8) is 0 Å². The van der Waals surface area contributed by atoms with Crippen molar-refractivity contribution in [3.05, 3.63) is 35.6 Å². The third-order valence-electron chi connectivity index (χ3n) is 3.42. The summed E-state index contributed by atoms with van der Waals surface area (Å²) in [5, 5.41) is 3.16. The van der Waals surface area contributed by atoms with Crippen molar-refractivity contribution in [3.8, 4) is 0 Å². The van der Waals surface area contributed by atoms with E-state index in [2.05, 4.69) is 24.2 Å². The van der Waals surface area contributed by atoms with Crippen molar-refractivity contribution in [2.24, 2.45) is 16.6 Å². The Kier molecular flexibility index (Phi) is 4.40. The fourth-order valence-corrected chi connectivity index (χ4v) is 2.15. The van der Waals surface area contributed by atoms with Gasteiger partial charge in [0, 0.05) is 18.5 Å². The summed E-state index contributed by atoms with van der Waals surface area (Å²) in [5.41, 5.74) is 6.60. The Morgan fingerprint density at radius 3 is 2.89 bits per heavy atom. The number of benzene rings is 1. The molecular weight excluding hydrogens is 241 g/mol. The highest BCUT2D eigenvalue weighted by molar-refractivity contribution is 5.78. The summed E-state index contributed by atoms with van der Waals surface area (Å²) >= 11 is 0. The van der Waals surface area contributed by atoms with Crippen LogP contribution in [0, 0.1) is 11.7 Å². The first kappa shape index (κ1) is 13.8. The topological polar surface area (TPSA) is 50.4 Å². The number of halogens is 1. The van der Waals surface area contributed by atoms with E-state index in [0.29, 0.717) is 11.9 Å². The molecule has 1 aliphatic rings. The molecule has 1 fully saturated rings. The first-order valence-electron chi connectivity index (χ1n) is 6.88. The molecule has 0 saturated heterocycles. The second-order valence-electron chi connectivity index (χ2n) is 5.56. The zero-order valence-electron chi connectivity index (χ0n) is 11.6. The van der Waals surface area contributed by atoms with E-state index in [1.54, 1.807) is 6.07 Å². The van der Waals surface area contributed by atoms with Gasteiger partial charge in [-0.1, -0.05) is 32.0 Å². The van der Waals surface area contributed by atoms with Gasteiger partial charge in [-0.25, -0.2) is 4.39 Å². The van der Waals surface area contributed by atoms with Crippen molar-refractivity contribution >= 4 is 5.96 Å². The highest BCUT2D eigenvalue weighted by Crippen LogP contribution is 2.41. The van der Waals surface area contributed by atoms with Gasteiger partial charge in [0.15, 0.2) is 5.96 Å². The van der Waals surface area contributed by atoms with Crippen LogP contribution < -0.4 is 11.1 Å². The molecule has 2 atom stereocenters. The molecule has 3 nitrogen and oxygen atoms in total. The summed E-state index contributed by atoms with van der Waals surface area (Å²) < 4.78 is 13.6. The normalized spacial score (nSPS) is 22.6. The Bertz CT molecular complexity index is 456. The maximum Gasteiger partial charge on any atom is 0.188 e. The Balaban J connectivity index is 1.82. The van der Waals surface area contributed by atoms with Crippen LogP contribution in [0.1, 0.15) is 38.2 Å². The van der Waals surface area contributed by atoms with Crippen LogP contribution in [0.15, 0.2) is 29.3 Å². The number of hydrogen-bond acceptors (Lipinski definition) is 1. The Hall–Kier alpha value is -1.58. The Morgan fingerprint density at radius 2 is 2.21 bits per heavy atom. The summed E-state index contributed by atoms with van der Waals surface area (Å²) in [6.07, 6.45) is 1.95. The third-order valence-corrected chi connectivity index (χ3v) is 3.42. The standard InChI is InChI=1S/C15H22FN3/c1-10(2)7-8-18-15(17)19-14-9-12(14)11-5-3-4-6-13(11)16/h3-6,10,12,14H,7-9H2,1-2H3,(H3,17,18,19). The zero-order valence-corrected chi connectivity index (χ0v) is 11.6. The number of nitrogens with one attached hydrogen (secondary N) is 1. The lowest BCUT2D eigenvalue weighted by atomic mass is 10.1. The number of nitrogens with two attached hydrogens (primary N) is 1. The van der Waals surface area contributed by atoms with E-state index in [9.17, 15) is 4.39 Å². The fraction of sp³-hybridized carbons (Fsp3) is 0.533. The molecule has 2 rings (SSSR count). The molecule has 4 heteroatoms. The monoisotopic (exact) mass is 263 g/mol. The van der Waals surface area contributed by atoms with E-state index in [4.69, 9.17) is 5.73 Å². The SMILES string of the molecule is CC(C)CCN=C(N)NC1CC1c1ccccc1F. The lowest BCUT2D eigenvalue weighted by Gasteiger charge is -2.06.